The molecule has 0 unspecified atom stereocenters. The van der Waals surface area contributed by atoms with Gasteiger partial charge in [0.15, 0.2) is 0 Å². The summed E-state index contributed by atoms with van der Waals surface area (Å²) in [5, 5.41) is 2.18. The SMILES string of the molecule is CC(C)(C)P(c1ccccc1C1=CCCC=C1)C(C)(C)C. The fraction of sp³-hybridized carbons (Fsp3) is 0.500. The van der Waals surface area contributed by atoms with E-state index in [0.29, 0.717) is 10.3 Å². The Hall–Kier alpha value is -0.870. The highest BCUT2D eigenvalue weighted by molar-refractivity contribution is 7.68. The van der Waals surface area contributed by atoms with Crippen molar-refractivity contribution in [2.45, 2.75) is 64.7 Å². The van der Waals surface area contributed by atoms with Crippen LogP contribution in [0.4, 0.5) is 0 Å². The Morgan fingerprint density at radius 1 is 0.857 bits per heavy atom. The normalized spacial score (nSPS) is 16.2. The zero-order chi connectivity index (χ0) is 15.7. The summed E-state index contributed by atoms with van der Waals surface area (Å²) >= 11 is 0. The van der Waals surface area contributed by atoms with Crippen molar-refractivity contribution in [3.05, 3.63) is 48.1 Å². The topological polar surface area (TPSA) is 0 Å². The molecule has 0 saturated carbocycles. The molecule has 21 heavy (non-hydrogen) atoms. The Morgan fingerprint density at radius 2 is 1.48 bits per heavy atom. The van der Waals surface area contributed by atoms with Crippen molar-refractivity contribution in [3.63, 3.8) is 0 Å². The summed E-state index contributed by atoms with van der Waals surface area (Å²) in [5.41, 5.74) is 2.86. The van der Waals surface area contributed by atoms with Crippen LogP contribution in [-0.2, 0) is 0 Å². The highest BCUT2D eigenvalue weighted by atomic mass is 31.1. The first-order valence-corrected chi connectivity index (χ1v) is 9.32. The van der Waals surface area contributed by atoms with Crippen LogP contribution in [0.5, 0.6) is 0 Å². The monoisotopic (exact) mass is 300 g/mol. The molecule has 114 valence electrons. The second kappa shape index (κ2) is 6.09. The highest BCUT2D eigenvalue weighted by Gasteiger charge is 2.36. The van der Waals surface area contributed by atoms with Crippen molar-refractivity contribution in [2.24, 2.45) is 0 Å². The molecule has 0 aromatic heterocycles. The minimum atomic E-state index is -0.258. The second-order valence-electron chi connectivity index (χ2n) is 7.83. The van der Waals surface area contributed by atoms with Gasteiger partial charge in [-0.05, 0) is 39.6 Å². The van der Waals surface area contributed by atoms with Crippen LogP contribution in [0, 0.1) is 0 Å². The summed E-state index contributed by atoms with van der Waals surface area (Å²) in [6.07, 6.45) is 9.36. The van der Waals surface area contributed by atoms with Crippen molar-refractivity contribution in [1.29, 1.82) is 0 Å². The first kappa shape index (κ1) is 16.5. The van der Waals surface area contributed by atoms with E-state index in [1.165, 1.54) is 24.0 Å². The van der Waals surface area contributed by atoms with E-state index in [-0.39, 0.29) is 7.92 Å². The summed E-state index contributed by atoms with van der Waals surface area (Å²) < 4.78 is 0. The van der Waals surface area contributed by atoms with Crippen LogP contribution in [0.3, 0.4) is 0 Å². The molecule has 1 aliphatic carbocycles. The minimum absolute atomic E-state index is 0.258. The van der Waals surface area contributed by atoms with Gasteiger partial charge in [0.25, 0.3) is 0 Å². The maximum absolute atomic E-state index is 2.40. The largest absolute Gasteiger partial charge is 0.0836 e. The smallest absolute Gasteiger partial charge is 0.0110 e. The third kappa shape index (κ3) is 3.86. The fourth-order valence-corrected chi connectivity index (χ4v) is 7.59. The van der Waals surface area contributed by atoms with E-state index < -0.39 is 0 Å². The van der Waals surface area contributed by atoms with Crippen LogP contribution in [0.1, 0.15) is 59.9 Å². The molecule has 0 aliphatic heterocycles. The van der Waals surface area contributed by atoms with Crippen LogP contribution < -0.4 is 5.30 Å². The third-order valence-corrected chi connectivity index (χ3v) is 7.35. The van der Waals surface area contributed by atoms with Gasteiger partial charge in [0.1, 0.15) is 0 Å². The molecule has 0 N–H and O–H groups in total. The van der Waals surface area contributed by atoms with Crippen LogP contribution in [0.2, 0.25) is 0 Å². The summed E-state index contributed by atoms with van der Waals surface area (Å²) in [7, 11) is -0.258. The van der Waals surface area contributed by atoms with Crippen molar-refractivity contribution in [1.82, 2.24) is 0 Å². The van der Waals surface area contributed by atoms with Gasteiger partial charge < -0.3 is 0 Å². The average Bonchev–Trinajstić information content (AvgIpc) is 2.37. The molecule has 1 heteroatoms. The van der Waals surface area contributed by atoms with E-state index in [0.717, 1.165) is 0 Å². The zero-order valence-electron chi connectivity index (χ0n) is 14.4. The van der Waals surface area contributed by atoms with Crippen LogP contribution >= 0.6 is 7.92 Å². The van der Waals surface area contributed by atoms with E-state index in [2.05, 4.69) is 84.0 Å². The lowest BCUT2D eigenvalue weighted by Crippen LogP contribution is -2.32. The van der Waals surface area contributed by atoms with E-state index >= 15 is 0 Å². The molecular formula is C20H29P. The van der Waals surface area contributed by atoms with Gasteiger partial charge in [-0.2, -0.15) is 0 Å². The molecule has 0 atom stereocenters. The molecule has 1 aliphatic rings. The van der Waals surface area contributed by atoms with Gasteiger partial charge in [0.2, 0.25) is 0 Å². The number of hydrogen-bond donors (Lipinski definition) is 0. The third-order valence-electron chi connectivity index (χ3n) is 3.79. The predicted molar refractivity (Wildman–Crippen MR) is 98.9 cm³/mol. The highest BCUT2D eigenvalue weighted by Crippen LogP contribution is 2.59. The quantitative estimate of drug-likeness (QED) is 0.577. The van der Waals surface area contributed by atoms with Crippen LogP contribution in [-0.4, -0.2) is 10.3 Å². The summed E-state index contributed by atoms with van der Waals surface area (Å²) in [6.45, 7) is 14.4. The van der Waals surface area contributed by atoms with Gasteiger partial charge in [-0.25, -0.2) is 0 Å². The Balaban J connectivity index is 2.57. The Kier molecular flexibility index (Phi) is 4.79. The van der Waals surface area contributed by atoms with E-state index in [1.807, 2.05) is 0 Å². The van der Waals surface area contributed by atoms with E-state index in [4.69, 9.17) is 0 Å². The zero-order valence-corrected chi connectivity index (χ0v) is 15.3. The van der Waals surface area contributed by atoms with Gasteiger partial charge in [-0.15, -0.1) is 0 Å². The van der Waals surface area contributed by atoms with Crippen molar-refractivity contribution < 1.29 is 0 Å². The molecule has 0 saturated heterocycles. The van der Waals surface area contributed by atoms with E-state index in [1.54, 1.807) is 5.30 Å². The van der Waals surface area contributed by atoms with Gasteiger partial charge >= 0.3 is 0 Å². The standard InChI is InChI=1S/C20H29P/c1-19(2,3)21(20(4,5)6)18-15-11-10-14-17(18)16-12-8-7-9-13-16/h8,10-15H,7,9H2,1-6H3. The molecule has 0 spiro atoms. The maximum atomic E-state index is 2.40. The molecule has 1 aromatic carbocycles. The Morgan fingerprint density at radius 3 is 2.00 bits per heavy atom. The number of hydrogen-bond acceptors (Lipinski definition) is 0. The lowest BCUT2D eigenvalue weighted by Gasteiger charge is -2.42. The number of allylic oxidation sites excluding steroid dienone is 4. The summed E-state index contributed by atoms with van der Waals surface area (Å²) in [6, 6.07) is 9.06. The molecule has 0 radical (unpaired) electrons. The van der Waals surface area contributed by atoms with Crippen LogP contribution in [0.15, 0.2) is 42.5 Å². The van der Waals surface area contributed by atoms with Crippen molar-refractivity contribution in [2.75, 3.05) is 0 Å². The van der Waals surface area contributed by atoms with Gasteiger partial charge in [0, 0.05) is 0 Å². The molecular weight excluding hydrogens is 271 g/mol. The Labute approximate surface area is 132 Å². The van der Waals surface area contributed by atoms with Crippen molar-refractivity contribution >= 4 is 18.8 Å². The molecule has 0 bridgehead atoms. The van der Waals surface area contributed by atoms with Crippen molar-refractivity contribution in [3.8, 4) is 0 Å². The van der Waals surface area contributed by atoms with E-state index in [9.17, 15) is 0 Å². The number of rotatable bonds is 2. The van der Waals surface area contributed by atoms with Gasteiger partial charge in [0.05, 0.1) is 0 Å². The lowest BCUT2D eigenvalue weighted by molar-refractivity contribution is 0.714. The van der Waals surface area contributed by atoms with Crippen LogP contribution in [0.25, 0.3) is 5.57 Å². The minimum Gasteiger partial charge on any atom is -0.0836 e. The first-order valence-electron chi connectivity index (χ1n) is 7.98. The molecule has 0 fully saturated rings. The molecule has 2 rings (SSSR count). The number of benzene rings is 1. The predicted octanol–water partition coefficient (Wildman–Crippen LogP) is 6.12. The lowest BCUT2D eigenvalue weighted by atomic mass is 10.00. The molecule has 0 nitrogen and oxygen atoms in total. The summed E-state index contributed by atoms with van der Waals surface area (Å²) in [5.74, 6) is 0. The molecule has 1 aromatic rings. The molecule has 0 amide bonds. The average molecular weight is 300 g/mol. The maximum Gasteiger partial charge on any atom is -0.0110 e. The summed E-state index contributed by atoms with van der Waals surface area (Å²) in [4.78, 5) is 0. The second-order valence-corrected chi connectivity index (χ2v) is 11.7. The Bertz CT molecular complexity index is 536. The fourth-order valence-electron chi connectivity index (χ4n) is 3.45. The van der Waals surface area contributed by atoms with Gasteiger partial charge in [-0.3, -0.25) is 0 Å². The molecule has 0 heterocycles. The van der Waals surface area contributed by atoms with Gasteiger partial charge in [-0.1, -0.05) is 92.0 Å². The first-order chi connectivity index (χ1) is 9.71.